The molecule has 4 heteroatoms. The fourth-order valence-corrected chi connectivity index (χ4v) is 2.53. The molecular weight excluding hydrogens is 264 g/mol. The van der Waals surface area contributed by atoms with Gasteiger partial charge in [0.2, 0.25) is 0 Å². The standard InChI is InChI=1S/C17H16N2O2/c1-12-6-5-9-14(10-12)19-16(20)15(18-17(19)21)11-13-7-3-2-4-8-13/h2-10,15H,11H2,1H3,(H,18,21). The van der Waals surface area contributed by atoms with E-state index in [-0.39, 0.29) is 11.9 Å². The summed E-state index contributed by atoms with van der Waals surface area (Å²) >= 11 is 0. The van der Waals surface area contributed by atoms with Crippen LogP contribution in [0, 0.1) is 6.92 Å². The quantitative estimate of drug-likeness (QED) is 0.879. The zero-order chi connectivity index (χ0) is 14.8. The molecule has 1 heterocycles. The van der Waals surface area contributed by atoms with Crippen molar-refractivity contribution in [3.8, 4) is 0 Å². The molecule has 21 heavy (non-hydrogen) atoms. The van der Waals surface area contributed by atoms with E-state index in [1.807, 2.05) is 55.5 Å². The lowest BCUT2D eigenvalue weighted by atomic mass is 10.1. The van der Waals surface area contributed by atoms with Gasteiger partial charge in [0.25, 0.3) is 5.91 Å². The molecule has 1 aliphatic heterocycles. The van der Waals surface area contributed by atoms with Gasteiger partial charge in [-0.25, -0.2) is 9.69 Å². The van der Waals surface area contributed by atoms with Crippen LogP contribution in [0.25, 0.3) is 0 Å². The highest BCUT2D eigenvalue weighted by molar-refractivity contribution is 6.21. The summed E-state index contributed by atoms with van der Waals surface area (Å²) in [5.74, 6) is -0.200. The smallest absolute Gasteiger partial charge is 0.325 e. The molecule has 2 aromatic carbocycles. The average molecular weight is 280 g/mol. The summed E-state index contributed by atoms with van der Waals surface area (Å²) in [7, 11) is 0. The molecule has 1 saturated heterocycles. The Morgan fingerprint density at radius 2 is 1.81 bits per heavy atom. The second-order valence-electron chi connectivity index (χ2n) is 5.20. The maximum absolute atomic E-state index is 12.5. The third kappa shape index (κ3) is 2.65. The van der Waals surface area contributed by atoms with Crippen LogP contribution in [0.3, 0.4) is 0 Å². The van der Waals surface area contributed by atoms with E-state index in [2.05, 4.69) is 5.32 Å². The number of carbonyl (C=O) groups excluding carboxylic acids is 2. The monoisotopic (exact) mass is 280 g/mol. The molecule has 1 aliphatic rings. The van der Waals surface area contributed by atoms with Gasteiger partial charge in [0, 0.05) is 6.42 Å². The van der Waals surface area contributed by atoms with Gasteiger partial charge >= 0.3 is 6.03 Å². The van der Waals surface area contributed by atoms with Gasteiger partial charge < -0.3 is 5.32 Å². The first-order valence-electron chi connectivity index (χ1n) is 6.90. The van der Waals surface area contributed by atoms with E-state index in [1.165, 1.54) is 4.90 Å². The molecule has 1 atom stereocenters. The Labute approximate surface area is 123 Å². The van der Waals surface area contributed by atoms with Crippen LogP contribution >= 0.6 is 0 Å². The molecule has 4 nitrogen and oxygen atoms in total. The summed E-state index contributed by atoms with van der Waals surface area (Å²) in [5.41, 5.74) is 2.66. The van der Waals surface area contributed by atoms with E-state index in [1.54, 1.807) is 6.07 Å². The number of benzene rings is 2. The number of aryl methyl sites for hydroxylation is 1. The molecular formula is C17H16N2O2. The molecule has 0 aliphatic carbocycles. The highest BCUT2D eigenvalue weighted by atomic mass is 16.2. The molecule has 1 unspecified atom stereocenters. The molecule has 0 radical (unpaired) electrons. The van der Waals surface area contributed by atoms with Crippen molar-refractivity contribution in [2.75, 3.05) is 4.90 Å². The Hall–Kier alpha value is -2.62. The van der Waals surface area contributed by atoms with Gasteiger partial charge in [0.05, 0.1) is 5.69 Å². The number of nitrogens with one attached hydrogen (secondary N) is 1. The first kappa shape index (κ1) is 13.4. The first-order valence-corrected chi connectivity index (χ1v) is 6.90. The number of anilines is 1. The number of rotatable bonds is 3. The number of hydrogen-bond acceptors (Lipinski definition) is 2. The average Bonchev–Trinajstić information content (AvgIpc) is 2.74. The van der Waals surface area contributed by atoms with Crippen molar-refractivity contribution in [2.45, 2.75) is 19.4 Å². The normalized spacial score (nSPS) is 18.0. The van der Waals surface area contributed by atoms with E-state index in [0.29, 0.717) is 12.1 Å². The van der Waals surface area contributed by atoms with Crippen LogP contribution in [0.15, 0.2) is 54.6 Å². The van der Waals surface area contributed by atoms with Crippen LogP contribution < -0.4 is 10.2 Å². The van der Waals surface area contributed by atoms with Crippen molar-refractivity contribution in [1.29, 1.82) is 0 Å². The lowest BCUT2D eigenvalue weighted by Crippen LogP contribution is -2.32. The predicted molar refractivity (Wildman–Crippen MR) is 81.1 cm³/mol. The largest absolute Gasteiger partial charge is 0.329 e. The zero-order valence-corrected chi connectivity index (χ0v) is 11.7. The minimum absolute atomic E-state index is 0.200. The van der Waals surface area contributed by atoms with Crippen molar-refractivity contribution in [3.05, 3.63) is 65.7 Å². The number of hydrogen-bond donors (Lipinski definition) is 1. The predicted octanol–water partition coefficient (Wildman–Crippen LogP) is 2.66. The second kappa shape index (κ2) is 5.40. The molecule has 2 aromatic rings. The Bertz CT molecular complexity index is 682. The van der Waals surface area contributed by atoms with Crippen LogP contribution in [-0.2, 0) is 11.2 Å². The van der Waals surface area contributed by atoms with Gasteiger partial charge in [0.1, 0.15) is 6.04 Å². The van der Waals surface area contributed by atoms with Crippen LogP contribution in [0.1, 0.15) is 11.1 Å². The first-order chi connectivity index (χ1) is 10.1. The SMILES string of the molecule is Cc1cccc(N2C(=O)NC(Cc3ccccc3)C2=O)c1. The van der Waals surface area contributed by atoms with Crippen molar-refractivity contribution < 1.29 is 9.59 Å². The highest BCUT2D eigenvalue weighted by Crippen LogP contribution is 2.22. The Balaban J connectivity index is 1.82. The molecule has 0 saturated carbocycles. The van der Waals surface area contributed by atoms with Gasteiger partial charge in [-0.15, -0.1) is 0 Å². The van der Waals surface area contributed by atoms with Crippen molar-refractivity contribution in [1.82, 2.24) is 5.32 Å². The van der Waals surface area contributed by atoms with Crippen LogP contribution in [0.4, 0.5) is 10.5 Å². The number of urea groups is 1. The van der Waals surface area contributed by atoms with Gasteiger partial charge in [-0.3, -0.25) is 4.79 Å². The van der Waals surface area contributed by atoms with E-state index in [4.69, 9.17) is 0 Å². The lowest BCUT2D eigenvalue weighted by molar-refractivity contribution is -0.118. The van der Waals surface area contributed by atoms with Crippen molar-refractivity contribution >= 4 is 17.6 Å². The molecule has 106 valence electrons. The molecule has 1 N–H and O–H groups in total. The van der Waals surface area contributed by atoms with Crippen LogP contribution in [0.5, 0.6) is 0 Å². The van der Waals surface area contributed by atoms with E-state index in [9.17, 15) is 9.59 Å². The Morgan fingerprint density at radius 3 is 2.52 bits per heavy atom. The minimum atomic E-state index is -0.500. The third-order valence-electron chi connectivity index (χ3n) is 3.56. The zero-order valence-electron chi connectivity index (χ0n) is 11.7. The minimum Gasteiger partial charge on any atom is -0.325 e. The van der Waals surface area contributed by atoms with Gasteiger partial charge in [-0.2, -0.15) is 0 Å². The molecule has 0 aromatic heterocycles. The molecule has 0 bridgehead atoms. The summed E-state index contributed by atoms with van der Waals surface area (Å²) < 4.78 is 0. The maximum atomic E-state index is 12.5. The number of amides is 3. The Morgan fingerprint density at radius 1 is 1.05 bits per heavy atom. The third-order valence-corrected chi connectivity index (χ3v) is 3.56. The number of nitrogens with zero attached hydrogens (tertiary/aromatic N) is 1. The second-order valence-corrected chi connectivity index (χ2v) is 5.20. The molecule has 3 rings (SSSR count). The van der Waals surface area contributed by atoms with E-state index >= 15 is 0 Å². The topological polar surface area (TPSA) is 49.4 Å². The summed E-state index contributed by atoms with van der Waals surface area (Å²) in [6, 6.07) is 16.2. The van der Waals surface area contributed by atoms with Crippen LogP contribution in [0.2, 0.25) is 0 Å². The van der Waals surface area contributed by atoms with Gasteiger partial charge in [-0.05, 0) is 30.2 Å². The van der Waals surface area contributed by atoms with Gasteiger partial charge in [0.15, 0.2) is 0 Å². The van der Waals surface area contributed by atoms with Gasteiger partial charge in [-0.1, -0.05) is 42.5 Å². The number of carbonyl (C=O) groups is 2. The van der Waals surface area contributed by atoms with Crippen molar-refractivity contribution in [3.63, 3.8) is 0 Å². The Kier molecular flexibility index (Phi) is 3.44. The molecule has 1 fully saturated rings. The summed E-state index contributed by atoms with van der Waals surface area (Å²) in [6.07, 6.45) is 0.508. The molecule has 3 amide bonds. The van der Waals surface area contributed by atoms with E-state index in [0.717, 1.165) is 11.1 Å². The fourth-order valence-electron chi connectivity index (χ4n) is 2.53. The summed E-state index contributed by atoms with van der Waals surface area (Å²) in [4.78, 5) is 25.8. The number of imide groups is 1. The van der Waals surface area contributed by atoms with Crippen molar-refractivity contribution in [2.24, 2.45) is 0 Å². The van der Waals surface area contributed by atoms with Crippen LogP contribution in [-0.4, -0.2) is 18.0 Å². The lowest BCUT2D eigenvalue weighted by Gasteiger charge is -2.13. The fraction of sp³-hybridized carbons (Fsp3) is 0.176. The summed E-state index contributed by atoms with van der Waals surface area (Å²) in [5, 5.41) is 2.76. The maximum Gasteiger partial charge on any atom is 0.329 e. The van der Waals surface area contributed by atoms with E-state index < -0.39 is 6.04 Å². The highest BCUT2D eigenvalue weighted by Gasteiger charge is 2.38. The molecule has 0 spiro atoms. The summed E-state index contributed by atoms with van der Waals surface area (Å²) in [6.45, 7) is 1.93.